The number of nitrogens with zero attached hydrogens (tertiary/aromatic N) is 4. The lowest BCUT2D eigenvalue weighted by Crippen LogP contribution is -2.50. The molecule has 1 saturated heterocycles. The maximum Gasteiger partial charge on any atom is 0.317 e. The van der Waals surface area contributed by atoms with Crippen molar-refractivity contribution >= 4 is 11.9 Å². The van der Waals surface area contributed by atoms with E-state index in [4.69, 9.17) is 0 Å². The highest BCUT2D eigenvalue weighted by molar-refractivity contribution is 5.92. The number of hydrogen-bond donors (Lipinski definition) is 2. The van der Waals surface area contributed by atoms with Crippen LogP contribution in [0.25, 0.3) is 0 Å². The number of carbonyl (C=O) groups is 2. The van der Waals surface area contributed by atoms with E-state index in [-0.39, 0.29) is 24.0 Å². The summed E-state index contributed by atoms with van der Waals surface area (Å²) in [6.07, 6.45) is 7.82. The number of rotatable bonds is 6. The molecule has 0 radical (unpaired) electrons. The van der Waals surface area contributed by atoms with Crippen molar-refractivity contribution in [2.75, 3.05) is 6.54 Å². The molecule has 8 nitrogen and oxygen atoms in total. The summed E-state index contributed by atoms with van der Waals surface area (Å²) >= 11 is 0. The highest BCUT2D eigenvalue weighted by atomic mass is 16.2. The topological polar surface area (TPSA) is 92.2 Å². The number of carbonyl (C=O) groups excluding carboxylic acids is 2. The Hall–Kier alpha value is -2.12. The first-order valence-corrected chi connectivity index (χ1v) is 9.31. The van der Waals surface area contributed by atoms with Gasteiger partial charge in [0.2, 0.25) is 0 Å². The molecule has 2 fully saturated rings. The minimum atomic E-state index is -0.149. The molecule has 25 heavy (non-hydrogen) atoms. The van der Waals surface area contributed by atoms with Crippen LogP contribution in [0.5, 0.6) is 0 Å². The fourth-order valence-corrected chi connectivity index (χ4v) is 3.18. The van der Waals surface area contributed by atoms with Crippen molar-refractivity contribution in [3.05, 3.63) is 11.9 Å². The Kier molecular flexibility index (Phi) is 5.55. The number of urea groups is 1. The average molecular weight is 348 g/mol. The number of piperidine rings is 1. The third-order valence-electron chi connectivity index (χ3n) is 4.68. The summed E-state index contributed by atoms with van der Waals surface area (Å²) in [6, 6.07) is 0.675. The molecular weight excluding hydrogens is 320 g/mol. The summed E-state index contributed by atoms with van der Waals surface area (Å²) in [5.74, 6) is -0.149. The largest absolute Gasteiger partial charge is 0.348 e. The van der Waals surface area contributed by atoms with Gasteiger partial charge in [0.05, 0.1) is 6.20 Å². The molecule has 1 aromatic heterocycles. The van der Waals surface area contributed by atoms with Crippen molar-refractivity contribution in [1.82, 2.24) is 30.5 Å². The highest BCUT2D eigenvalue weighted by Crippen LogP contribution is 2.21. The number of hydrogen-bond acceptors (Lipinski definition) is 4. The van der Waals surface area contributed by atoms with Crippen LogP contribution in [0, 0.1) is 0 Å². The van der Waals surface area contributed by atoms with Gasteiger partial charge < -0.3 is 15.5 Å². The van der Waals surface area contributed by atoms with Crippen LogP contribution in [-0.2, 0) is 6.54 Å². The second-order valence-corrected chi connectivity index (χ2v) is 7.35. The number of aromatic nitrogens is 3. The fourth-order valence-electron chi connectivity index (χ4n) is 3.18. The molecule has 1 aliphatic carbocycles. The maximum absolute atomic E-state index is 12.4. The SMILES string of the molecule is CC(C)NC(=O)N1CCCCC1CCn1cc(C(=O)NC2CC2)nn1. The summed E-state index contributed by atoms with van der Waals surface area (Å²) in [7, 11) is 0. The monoisotopic (exact) mass is 348 g/mol. The molecule has 0 aromatic carbocycles. The van der Waals surface area contributed by atoms with Crippen molar-refractivity contribution in [2.24, 2.45) is 0 Å². The molecular formula is C17H28N6O2. The van der Waals surface area contributed by atoms with E-state index >= 15 is 0 Å². The highest BCUT2D eigenvalue weighted by Gasteiger charge is 2.27. The van der Waals surface area contributed by atoms with Gasteiger partial charge in [0.25, 0.3) is 5.91 Å². The van der Waals surface area contributed by atoms with E-state index in [1.54, 1.807) is 10.9 Å². The Morgan fingerprint density at radius 2 is 2.08 bits per heavy atom. The van der Waals surface area contributed by atoms with Crippen LogP contribution in [0.2, 0.25) is 0 Å². The van der Waals surface area contributed by atoms with Gasteiger partial charge in [-0.3, -0.25) is 9.48 Å². The fraction of sp³-hybridized carbons (Fsp3) is 0.765. The second kappa shape index (κ2) is 7.84. The number of nitrogens with one attached hydrogen (secondary N) is 2. The van der Waals surface area contributed by atoms with E-state index < -0.39 is 0 Å². The van der Waals surface area contributed by atoms with Crippen LogP contribution in [-0.4, -0.2) is 56.5 Å². The van der Waals surface area contributed by atoms with Crippen LogP contribution < -0.4 is 10.6 Å². The van der Waals surface area contributed by atoms with E-state index in [2.05, 4.69) is 20.9 Å². The molecule has 3 amide bonds. The van der Waals surface area contributed by atoms with Gasteiger partial charge in [0.1, 0.15) is 0 Å². The summed E-state index contributed by atoms with van der Waals surface area (Å²) in [4.78, 5) is 26.3. The molecule has 1 atom stereocenters. The lowest BCUT2D eigenvalue weighted by Gasteiger charge is -2.36. The van der Waals surface area contributed by atoms with E-state index in [1.165, 1.54) is 0 Å². The molecule has 1 aliphatic heterocycles. The minimum Gasteiger partial charge on any atom is -0.348 e. The molecule has 1 saturated carbocycles. The number of amides is 3. The maximum atomic E-state index is 12.4. The van der Waals surface area contributed by atoms with E-state index in [9.17, 15) is 9.59 Å². The van der Waals surface area contributed by atoms with E-state index in [0.717, 1.165) is 45.1 Å². The molecule has 1 unspecified atom stereocenters. The quantitative estimate of drug-likeness (QED) is 0.815. The Morgan fingerprint density at radius 3 is 2.80 bits per heavy atom. The third kappa shape index (κ3) is 4.93. The second-order valence-electron chi connectivity index (χ2n) is 7.35. The Morgan fingerprint density at radius 1 is 1.28 bits per heavy atom. The molecule has 8 heteroatoms. The lowest BCUT2D eigenvalue weighted by molar-refractivity contribution is 0.0946. The summed E-state index contributed by atoms with van der Waals surface area (Å²) in [6.45, 7) is 5.40. The molecule has 2 heterocycles. The van der Waals surface area contributed by atoms with Crippen molar-refractivity contribution in [1.29, 1.82) is 0 Å². The van der Waals surface area contributed by atoms with Gasteiger partial charge in [-0.15, -0.1) is 5.10 Å². The van der Waals surface area contributed by atoms with Crippen LogP contribution in [0.3, 0.4) is 0 Å². The van der Waals surface area contributed by atoms with Crippen molar-refractivity contribution in [2.45, 2.75) is 77.0 Å². The zero-order valence-corrected chi connectivity index (χ0v) is 15.1. The molecule has 0 bridgehead atoms. The first-order valence-electron chi connectivity index (χ1n) is 9.31. The smallest absolute Gasteiger partial charge is 0.317 e. The standard InChI is InChI=1S/C17H28N6O2/c1-12(2)18-17(25)23-9-4-3-5-14(23)8-10-22-11-15(20-21-22)16(24)19-13-6-7-13/h11-14H,3-10H2,1-2H3,(H,18,25)(H,19,24). The first-order chi connectivity index (χ1) is 12.0. The molecule has 2 aliphatic rings. The number of likely N-dealkylation sites (tertiary alicyclic amines) is 1. The predicted molar refractivity (Wildman–Crippen MR) is 93.1 cm³/mol. The molecule has 1 aromatic rings. The summed E-state index contributed by atoms with van der Waals surface area (Å²) in [5.41, 5.74) is 0.366. The molecule has 138 valence electrons. The summed E-state index contributed by atoms with van der Waals surface area (Å²) < 4.78 is 1.70. The first kappa shape index (κ1) is 17.7. The van der Waals surface area contributed by atoms with Crippen molar-refractivity contribution in [3.8, 4) is 0 Å². The van der Waals surface area contributed by atoms with Gasteiger partial charge >= 0.3 is 6.03 Å². The number of aryl methyl sites for hydroxylation is 1. The van der Waals surface area contributed by atoms with Crippen molar-refractivity contribution in [3.63, 3.8) is 0 Å². The Bertz CT molecular complexity index is 610. The van der Waals surface area contributed by atoms with Crippen molar-refractivity contribution < 1.29 is 9.59 Å². The lowest BCUT2D eigenvalue weighted by atomic mass is 10.00. The van der Waals surface area contributed by atoms with Gasteiger partial charge in [-0.05, 0) is 52.4 Å². The van der Waals surface area contributed by atoms with Crippen LogP contribution in [0.4, 0.5) is 4.79 Å². The van der Waals surface area contributed by atoms with Gasteiger partial charge in [0.15, 0.2) is 5.69 Å². The minimum absolute atomic E-state index is 0.0165. The predicted octanol–water partition coefficient (Wildman–Crippen LogP) is 1.53. The molecule has 2 N–H and O–H groups in total. The van der Waals surface area contributed by atoms with Crippen LogP contribution >= 0.6 is 0 Å². The zero-order chi connectivity index (χ0) is 17.8. The third-order valence-corrected chi connectivity index (χ3v) is 4.68. The van der Waals surface area contributed by atoms with Gasteiger partial charge in [-0.2, -0.15) is 0 Å². The van der Waals surface area contributed by atoms with Gasteiger partial charge in [0, 0.05) is 31.2 Å². The normalized spacial score (nSPS) is 20.6. The summed E-state index contributed by atoms with van der Waals surface area (Å²) in [5, 5.41) is 13.9. The Labute approximate surface area is 148 Å². The van der Waals surface area contributed by atoms with E-state index in [1.807, 2.05) is 18.7 Å². The zero-order valence-electron chi connectivity index (χ0n) is 15.1. The average Bonchev–Trinajstić information content (AvgIpc) is 3.26. The van der Waals surface area contributed by atoms with Gasteiger partial charge in [-0.1, -0.05) is 5.21 Å². The molecule has 0 spiro atoms. The van der Waals surface area contributed by atoms with Crippen LogP contribution in [0.1, 0.15) is 62.9 Å². The van der Waals surface area contributed by atoms with Gasteiger partial charge in [-0.25, -0.2) is 4.79 Å². The van der Waals surface area contributed by atoms with Crippen LogP contribution in [0.15, 0.2) is 6.20 Å². The Balaban J connectivity index is 1.53. The van der Waals surface area contributed by atoms with E-state index in [0.29, 0.717) is 18.3 Å². The molecule has 3 rings (SSSR count).